The lowest BCUT2D eigenvalue weighted by Gasteiger charge is -2.17. The Hall–Kier alpha value is -0.440. The average molecular weight is 304 g/mol. The first-order valence-electron chi connectivity index (χ1n) is 6.75. The molecule has 1 rings (SSSR count). The van der Waals surface area contributed by atoms with Crippen molar-refractivity contribution in [3.8, 4) is 5.75 Å². The van der Waals surface area contributed by atoms with Crippen LogP contribution in [0.1, 0.15) is 39.7 Å². The molecule has 0 aromatic heterocycles. The number of rotatable bonds is 7. The molecule has 0 unspecified atom stereocenters. The summed E-state index contributed by atoms with van der Waals surface area (Å²) in [6.07, 6.45) is 1.24. The van der Waals surface area contributed by atoms with Gasteiger partial charge < -0.3 is 10.1 Å². The molecular weight excluding hydrogens is 281 g/mol. The van der Waals surface area contributed by atoms with Crippen molar-refractivity contribution in [3.05, 3.63) is 27.7 Å². The van der Waals surface area contributed by atoms with E-state index in [0.29, 0.717) is 16.0 Å². The van der Waals surface area contributed by atoms with E-state index in [-0.39, 0.29) is 6.10 Å². The molecule has 0 aliphatic heterocycles. The molecule has 0 saturated carbocycles. The van der Waals surface area contributed by atoms with Crippen LogP contribution in [-0.4, -0.2) is 12.6 Å². The molecule has 0 fully saturated rings. The second kappa shape index (κ2) is 7.98. The van der Waals surface area contributed by atoms with E-state index in [4.69, 9.17) is 27.9 Å². The van der Waals surface area contributed by atoms with Crippen LogP contribution in [0, 0.1) is 5.92 Å². The smallest absolute Gasteiger partial charge is 0.142 e. The molecule has 19 heavy (non-hydrogen) atoms. The van der Waals surface area contributed by atoms with E-state index >= 15 is 0 Å². The Morgan fingerprint density at radius 3 is 2.42 bits per heavy atom. The summed E-state index contributed by atoms with van der Waals surface area (Å²) in [6.45, 7) is 10.1. The topological polar surface area (TPSA) is 21.3 Å². The van der Waals surface area contributed by atoms with Gasteiger partial charge in [-0.2, -0.15) is 0 Å². The van der Waals surface area contributed by atoms with Crippen molar-refractivity contribution < 1.29 is 4.74 Å². The van der Waals surface area contributed by atoms with Crippen molar-refractivity contribution in [2.24, 2.45) is 5.92 Å². The lowest BCUT2D eigenvalue weighted by molar-refractivity contribution is 0.239. The zero-order valence-corrected chi connectivity index (χ0v) is 13.6. The molecule has 108 valence electrons. The number of hydrogen-bond acceptors (Lipinski definition) is 2. The highest BCUT2D eigenvalue weighted by Gasteiger charge is 2.12. The molecule has 0 atom stereocenters. The first kappa shape index (κ1) is 16.6. The minimum absolute atomic E-state index is 0.0908. The van der Waals surface area contributed by atoms with Crippen LogP contribution in [0.5, 0.6) is 5.75 Å². The lowest BCUT2D eigenvalue weighted by Crippen LogP contribution is -2.18. The highest BCUT2D eigenvalue weighted by Crippen LogP contribution is 2.33. The second-order valence-electron chi connectivity index (χ2n) is 5.40. The predicted molar refractivity (Wildman–Crippen MR) is 83.4 cm³/mol. The molecule has 0 aliphatic carbocycles. The molecule has 4 heteroatoms. The van der Waals surface area contributed by atoms with E-state index in [1.165, 1.54) is 0 Å². The van der Waals surface area contributed by atoms with Crippen LogP contribution in [0.25, 0.3) is 0 Å². The first-order chi connectivity index (χ1) is 8.90. The molecule has 0 amide bonds. The Morgan fingerprint density at radius 1 is 1.16 bits per heavy atom. The number of hydrogen-bond donors (Lipinski definition) is 1. The number of benzene rings is 1. The Morgan fingerprint density at radius 2 is 1.84 bits per heavy atom. The van der Waals surface area contributed by atoms with Crippen molar-refractivity contribution in [2.75, 3.05) is 6.54 Å². The van der Waals surface area contributed by atoms with Crippen molar-refractivity contribution in [1.82, 2.24) is 5.32 Å². The molecule has 2 nitrogen and oxygen atoms in total. The second-order valence-corrected chi connectivity index (χ2v) is 6.25. The van der Waals surface area contributed by atoms with E-state index in [2.05, 4.69) is 19.2 Å². The molecule has 0 radical (unpaired) electrons. The van der Waals surface area contributed by atoms with E-state index in [0.717, 1.165) is 30.8 Å². The first-order valence-corrected chi connectivity index (χ1v) is 7.51. The van der Waals surface area contributed by atoms with Gasteiger partial charge in [-0.1, -0.05) is 37.0 Å². The SMILES string of the molecule is CC(C)CCNCc1cc(Cl)cc(Cl)c1OC(C)C. The molecule has 1 N–H and O–H groups in total. The minimum Gasteiger partial charge on any atom is -0.489 e. The summed E-state index contributed by atoms with van der Waals surface area (Å²) in [5, 5.41) is 4.62. The third kappa shape index (κ3) is 6.03. The van der Waals surface area contributed by atoms with Gasteiger partial charge in [0.2, 0.25) is 0 Å². The van der Waals surface area contributed by atoms with Crippen molar-refractivity contribution in [1.29, 1.82) is 0 Å². The maximum absolute atomic E-state index is 6.20. The third-order valence-electron chi connectivity index (χ3n) is 2.65. The Kier molecular flexibility index (Phi) is 6.98. The Bertz CT molecular complexity index is 405. The highest BCUT2D eigenvalue weighted by molar-refractivity contribution is 6.35. The van der Waals surface area contributed by atoms with Crippen LogP contribution in [0.3, 0.4) is 0 Å². The maximum Gasteiger partial charge on any atom is 0.142 e. The molecule has 1 aromatic rings. The summed E-state index contributed by atoms with van der Waals surface area (Å²) in [7, 11) is 0. The molecule has 0 spiro atoms. The summed E-state index contributed by atoms with van der Waals surface area (Å²) in [6, 6.07) is 3.63. The van der Waals surface area contributed by atoms with Crippen LogP contribution in [0.2, 0.25) is 10.0 Å². The summed E-state index contributed by atoms with van der Waals surface area (Å²) in [5.74, 6) is 1.43. The van der Waals surface area contributed by atoms with Gasteiger partial charge in [0.15, 0.2) is 0 Å². The predicted octanol–water partition coefficient (Wildman–Crippen LogP) is 4.92. The van der Waals surface area contributed by atoms with E-state index in [9.17, 15) is 0 Å². The van der Waals surface area contributed by atoms with Gasteiger partial charge >= 0.3 is 0 Å². The van der Waals surface area contributed by atoms with Crippen LogP contribution in [0.4, 0.5) is 0 Å². The van der Waals surface area contributed by atoms with Gasteiger partial charge in [-0.05, 0) is 44.9 Å². The van der Waals surface area contributed by atoms with Gasteiger partial charge in [0.05, 0.1) is 11.1 Å². The average Bonchev–Trinajstić information content (AvgIpc) is 2.28. The number of halogens is 2. The van der Waals surface area contributed by atoms with Gasteiger partial charge in [-0.3, -0.25) is 0 Å². The lowest BCUT2D eigenvalue weighted by atomic mass is 10.1. The Labute approximate surface area is 126 Å². The number of nitrogens with one attached hydrogen (secondary N) is 1. The fraction of sp³-hybridized carbons (Fsp3) is 0.600. The highest BCUT2D eigenvalue weighted by atomic mass is 35.5. The Balaban J connectivity index is 2.73. The van der Waals surface area contributed by atoms with Crippen LogP contribution < -0.4 is 10.1 Å². The van der Waals surface area contributed by atoms with Crippen LogP contribution in [0.15, 0.2) is 12.1 Å². The van der Waals surface area contributed by atoms with E-state index < -0.39 is 0 Å². The van der Waals surface area contributed by atoms with Crippen molar-refractivity contribution in [2.45, 2.75) is 46.8 Å². The maximum atomic E-state index is 6.20. The fourth-order valence-electron chi connectivity index (χ4n) is 1.73. The van der Waals surface area contributed by atoms with Crippen LogP contribution >= 0.6 is 23.2 Å². The summed E-state index contributed by atoms with van der Waals surface area (Å²) >= 11 is 12.3. The molecule has 0 bridgehead atoms. The fourth-order valence-corrected chi connectivity index (χ4v) is 2.31. The summed E-state index contributed by atoms with van der Waals surface area (Å²) in [5.41, 5.74) is 1.01. The molecule has 0 aliphatic rings. The quantitative estimate of drug-likeness (QED) is 0.722. The van der Waals surface area contributed by atoms with Gasteiger partial charge in [0.25, 0.3) is 0 Å². The third-order valence-corrected chi connectivity index (χ3v) is 3.15. The number of ether oxygens (including phenoxy) is 1. The van der Waals surface area contributed by atoms with Gasteiger partial charge in [-0.25, -0.2) is 0 Å². The van der Waals surface area contributed by atoms with Gasteiger partial charge in [0.1, 0.15) is 5.75 Å². The van der Waals surface area contributed by atoms with Gasteiger partial charge in [-0.15, -0.1) is 0 Å². The van der Waals surface area contributed by atoms with Crippen molar-refractivity contribution >= 4 is 23.2 Å². The zero-order valence-electron chi connectivity index (χ0n) is 12.1. The summed E-state index contributed by atoms with van der Waals surface area (Å²) in [4.78, 5) is 0. The molecule has 1 aromatic carbocycles. The minimum atomic E-state index is 0.0908. The molecule has 0 saturated heterocycles. The van der Waals surface area contributed by atoms with Crippen molar-refractivity contribution in [3.63, 3.8) is 0 Å². The zero-order chi connectivity index (χ0) is 14.4. The van der Waals surface area contributed by atoms with Gasteiger partial charge in [0, 0.05) is 17.1 Å². The molecular formula is C15H23Cl2NO. The van der Waals surface area contributed by atoms with Crippen LogP contribution in [-0.2, 0) is 6.54 Å². The normalized spacial score (nSPS) is 11.4. The van der Waals surface area contributed by atoms with E-state index in [1.807, 2.05) is 19.9 Å². The standard InChI is InChI=1S/C15H23Cl2NO/c1-10(2)5-6-18-9-12-7-13(16)8-14(17)15(12)19-11(3)4/h7-8,10-11,18H,5-6,9H2,1-4H3. The van der Waals surface area contributed by atoms with E-state index in [1.54, 1.807) is 6.07 Å². The molecule has 0 heterocycles. The largest absolute Gasteiger partial charge is 0.489 e. The monoisotopic (exact) mass is 303 g/mol. The summed E-state index contributed by atoms with van der Waals surface area (Å²) < 4.78 is 5.78.